The second-order valence-corrected chi connectivity index (χ2v) is 7.05. The number of hydrogen-bond donors (Lipinski definition) is 1. The van der Waals surface area contributed by atoms with Crippen LogP contribution in [0.4, 0.5) is 5.69 Å². The zero-order chi connectivity index (χ0) is 21.7. The van der Waals surface area contributed by atoms with Crippen LogP contribution in [0.1, 0.15) is 39.8 Å². The molecule has 0 radical (unpaired) electrons. The molecule has 0 bridgehead atoms. The Morgan fingerprint density at radius 2 is 1.77 bits per heavy atom. The van der Waals surface area contributed by atoms with E-state index in [0.717, 1.165) is 17.0 Å². The van der Waals surface area contributed by atoms with Crippen molar-refractivity contribution < 1.29 is 14.3 Å². The van der Waals surface area contributed by atoms with Gasteiger partial charge in [0.2, 0.25) is 0 Å². The van der Waals surface area contributed by atoms with Crippen LogP contribution in [0.25, 0.3) is 0 Å². The molecule has 0 spiro atoms. The first-order valence-corrected chi connectivity index (χ1v) is 9.62. The summed E-state index contributed by atoms with van der Waals surface area (Å²) in [6.45, 7) is 5.94. The average Bonchev–Trinajstić information content (AvgIpc) is 3.03. The maximum Gasteiger partial charge on any atom is 0.340 e. The first kappa shape index (κ1) is 20.9. The van der Waals surface area contributed by atoms with E-state index in [1.165, 1.54) is 6.92 Å². The lowest BCUT2D eigenvalue weighted by Crippen LogP contribution is -2.30. The number of para-hydroxylation sites is 1. The molecule has 1 amide bonds. The number of rotatable bonds is 6. The van der Waals surface area contributed by atoms with Gasteiger partial charge in [-0.3, -0.25) is 4.79 Å². The summed E-state index contributed by atoms with van der Waals surface area (Å²) < 4.78 is 7.44. The van der Waals surface area contributed by atoms with Gasteiger partial charge in [0.05, 0.1) is 16.8 Å². The van der Waals surface area contributed by atoms with E-state index in [1.54, 1.807) is 30.3 Å². The average molecular weight is 401 g/mol. The molecule has 1 heterocycles. The smallest absolute Gasteiger partial charge is 0.340 e. The lowest BCUT2D eigenvalue weighted by molar-refractivity contribution is -0.123. The Morgan fingerprint density at radius 1 is 1.10 bits per heavy atom. The Morgan fingerprint density at radius 3 is 2.47 bits per heavy atom. The summed E-state index contributed by atoms with van der Waals surface area (Å²) in [5, 5.41) is 11.8. The van der Waals surface area contributed by atoms with Crippen molar-refractivity contribution in [3.05, 3.63) is 88.7 Å². The van der Waals surface area contributed by atoms with Crippen molar-refractivity contribution in [2.75, 3.05) is 5.32 Å². The van der Waals surface area contributed by atoms with Crippen LogP contribution in [0, 0.1) is 25.2 Å². The highest BCUT2D eigenvalue weighted by Gasteiger charge is 2.23. The number of benzene rings is 2. The summed E-state index contributed by atoms with van der Waals surface area (Å²) in [7, 11) is 0. The Balaban J connectivity index is 1.70. The van der Waals surface area contributed by atoms with Crippen LogP contribution in [0.2, 0.25) is 0 Å². The Labute approximate surface area is 175 Å². The largest absolute Gasteiger partial charge is 0.449 e. The Bertz CT molecular complexity index is 1110. The van der Waals surface area contributed by atoms with E-state index in [1.807, 2.05) is 54.8 Å². The van der Waals surface area contributed by atoms with Gasteiger partial charge in [-0.05, 0) is 44.5 Å². The minimum absolute atomic E-state index is 0.342. The number of hydrogen-bond acceptors (Lipinski definition) is 4. The maximum atomic E-state index is 12.7. The van der Waals surface area contributed by atoms with E-state index in [4.69, 9.17) is 10.00 Å². The molecular weight excluding hydrogens is 378 g/mol. The third kappa shape index (κ3) is 4.58. The molecule has 0 fully saturated rings. The minimum atomic E-state index is -1.01. The van der Waals surface area contributed by atoms with E-state index in [2.05, 4.69) is 5.32 Å². The summed E-state index contributed by atoms with van der Waals surface area (Å²) in [6.07, 6.45) is -1.01. The number of esters is 1. The highest BCUT2D eigenvalue weighted by molar-refractivity contribution is 5.98. The molecule has 3 aromatic rings. The molecule has 1 N–H and O–H groups in total. The highest BCUT2D eigenvalue weighted by atomic mass is 16.5. The Hall–Kier alpha value is -3.85. The standard InChI is InChI=1S/C24H23N3O3/c1-16-13-21(17(2)27(16)15-19-9-5-4-6-10-19)24(29)30-18(3)23(28)26-22-12-8-7-11-20(22)14-25/h4-13,18H,15H2,1-3H3,(H,26,28). The van der Waals surface area contributed by atoms with E-state index in [0.29, 0.717) is 23.4 Å². The quantitative estimate of drug-likeness (QED) is 0.627. The van der Waals surface area contributed by atoms with Crippen LogP contribution in [-0.4, -0.2) is 22.5 Å². The first-order valence-electron chi connectivity index (χ1n) is 9.62. The zero-order valence-corrected chi connectivity index (χ0v) is 17.2. The monoisotopic (exact) mass is 401 g/mol. The second kappa shape index (κ2) is 9.10. The van der Waals surface area contributed by atoms with Crippen molar-refractivity contribution in [1.29, 1.82) is 5.26 Å². The molecule has 0 aliphatic rings. The van der Waals surface area contributed by atoms with Crippen molar-refractivity contribution >= 4 is 17.6 Å². The molecule has 1 unspecified atom stereocenters. The molecule has 6 nitrogen and oxygen atoms in total. The summed E-state index contributed by atoms with van der Waals surface area (Å²) >= 11 is 0. The molecule has 3 rings (SSSR count). The number of nitriles is 1. The zero-order valence-electron chi connectivity index (χ0n) is 17.2. The SMILES string of the molecule is Cc1cc(C(=O)OC(C)C(=O)Nc2ccccc2C#N)c(C)n1Cc1ccccc1. The van der Waals surface area contributed by atoms with Crippen LogP contribution >= 0.6 is 0 Å². The second-order valence-electron chi connectivity index (χ2n) is 7.05. The van der Waals surface area contributed by atoms with E-state index in [-0.39, 0.29) is 0 Å². The molecular formula is C24H23N3O3. The van der Waals surface area contributed by atoms with Gasteiger partial charge in [-0.15, -0.1) is 0 Å². The molecule has 0 saturated carbocycles. The topological polar surface area (TPSA) is 84.1 Å². The van der Waals surface area contributed by atoms with E-state index >= 15 is 0 Å². The van der Waals surface area contributed by atoms with Gasteiger partial charge in [0, 0.05) is 17.9 Å². The summed E-state index contributed by atoms with van der Waals surface area (Å²) in [5.74, 6) is -1.05. The molecule has 0 aliphatic carbocycles. The van der Waals surface area contributed by atoms with Crippen molar-refractivity contribution in [3.63, 3.8) is 0 Å². The number of nitrogens with zero attached hydrogens (tertiary/aromatic N) is 2. The number of anilines is 1. The highest BCUT2D eigenvalue weighted by Crippen LogP contribution is 2.19. The van der Waals surface area contributed by atoms with Crippen LogP contribution < -0.4 is 5.32 Å². The summed E-state index contributed by atoms with van der Waals surface area (Å²) in [6, 6.07) is 20.4. The molecule has 1 aromatic heterocycles. The van der Waals surface area contributed by atoms with Crippen molar-refractivity contribution in [1.82, 2.24) is 4.57 Å². The van der Waals surface area contributed by atoms with E-state index < -0.39 is 18.0 Å². The lowest BCUT2D eigenvalue weighted by Gasteiger charge is -2.14. The molecule has 1 atom stereocenters. The van der Waals surface area contributed by atoms with Crippen molar-refractivity contribution in [2.45, 2.75) is 33.4 Å². The van der Waals surface area contributed by atoms with Crippen LogP contribution in [-0.2, 0) is 16.1 Å². The predicted octanol–water partition coefficient (Wildman–Crippen LogP) is 4.21. The number of aryl methyl sites for hydroxylation is 1. The number of amides is 1. The molecule has 0 aliphatic heterocycles. The Kier molecular flexibility index (Phi) is 6.33. The molecule has 30 heavy (non-hydrogen) atoms. The van der Waals surface area contributed by atoms with Crippen molar-refractivity contribution in [3.8, 4) is 6.07 Å². The fourth-order valence-electron chi connectivity index (χ4n) is 3.22. The fourth-order valence-corrected chi connectivity index (χ4v) is 3.22. The molecule has 0 saturated heterocycles. The van der Waals surface area contributed by atoms with Gasteiger partial charge in [0.25, 0.3) is 5.91 Å². The van der Waals surface area contributed by atoms with E-state index in [9.17, 15) is 9.59 Å². The minimum Gasteiger partial charge on any atom is -0.449 e. The van der Waals surface area contributed by atoms with Gasteiger partial charge in [-0.2, -0.15) is 5.26 Å². The van der Waals surface area contributed by atoms with Gasteiger partial charge in [0.1, 0.15) is 6.07 Å². The fraction of sp³-hybridized carbons (Fsp3) is 0.208. The van der Waals surface area contributed by atoms with Crippen LogP contribution in [0.3, 0.4) is 0 Å². The van der Waals surface area contributed by atoms with Gasteiger partial charge >= 0.3 is 5.97 Å². The third-order valence-electron chi connectivity index (χ3n) is 4.94. The van der Waals surface area contributed by atoms with Crippen LogP contribution in [0.15, 0.2) is 60.7 Å². The van der Waals surface area contributed by atoms with Crippen LogP contribution in [0.5, 0.6) is 0 Å². The van der Waals surface area contributed by atoms with Gasteiger partial charge in [0.15, 0.2) is 6.10 Å². The number of ether oxygens (including phenoxy) is 1. The van der Waals surface area contributed by atoms with Gasteiger partial charge in [-0.25, -0.2) is 4.79 Å². The third-order valence-corrected chi connectivity index (χ3v) is 4.94. The predicted molar refractivity (Wildman–Crippen MR) is 114 cm³/mol. The summed E-state index contributed by atoms with van der Waals surface area (Å²) in [5.41, 5.74) is 4.00. The molecule has 152 valence electrons. The molecule has 6 heteroatoms. The summed E-state index contributed by atoms with van der Waals surface area (Å²) in [4.78, 5) is 25.1. The number of nitrogens with one attached hydrogen (secondary N) is 1. The lowest BCUT2D eigenvalue weighted by atomic mass is 10.2. The maximum absolute atomic E-state index is 12.7. The number of carbonyl (C=O) groups is 2. The van der Waals surface area contributed by atoms with Gasteiger partial charge < -0.3 is 14.6 Å². The first-order chi connectivity index (χ1) is 14.4. The number of carbonyl (C=O) groups excluding carboxylic acids is 2. The molecule has 2 aromatic carbocycles. The number of aromatic nitrogens is 1. The normalized spacial score (nSPS) is 11.4. The van der Waals surface area contributed by atoms with Gasteiger partial charge in [-0.1, -0.05) is 42.5 Å². The van der Waals surface area contributed by atoms with Crippen molar-refractivity contribution in [2.24, 2.45) is 0 Å².